The molecular weight excluding hydrogens is 380 g/mol. The van der Waals surface area contributed by atoms with E-state index in [-0.39, 0.29) is 11.7 Å². The molecule has 3 aromatic rings. The minimum Gasteiger partial charge on any atom is -0.365 e. The molecular formula is C20H19ClN4OS. The second-order valence-electron chi connectivity index (χ2n) is 5.85. The van der Waals surface area contributed by atoms with Crippen LogP contribution in [0.25, 0.3) is 0 Å². The number of rotatable bonds is 7. The molecule has 0 unspecified atom stereocenters. The third-order valence-electron chi connectivity index (χ3n) is 3.85. The van der Waals surface area contributed by atoms with E-state index in [9.17, 15) is 4.79 Å². The Kier molecular flexibility index (Phi) is 6.68. The number of carbonyl (C=O) groups excluding carboxylic acids is 1. The fraction of sp³-hybridized carbons (Fsp3) is 0.150. The van der Waals surface area contributed by atoms with Crippen LogP contribution in [-0.2, 0) is 11.3 Å². The van der Waals surface area contributed by atoms with Crippen LogP contribution < -0.4 is 10.6 Å². The molecule has 27 heavy (non-hydrogen) atoms. The van der Waals surface area contributed by atoms with E-state index in [0.717, 1.165) is 11.3 Å². The molecule has 1 aromatic heterocycles. The monoisotopic (exact) mass is 398 g/mol. The van der Waals surface area contributed by atoms with Crippen molar-refractivity contribution in [3.05, 3.63) is 76.8 Å². The fourth-order valence-corrected chi connectivity index (χ4v) is 3.14. The number of aromatic nitrogens is 2. The summed E-state index contributed by atoms with van der Waals surface area (Å²) in [7, 11) is 0. The van der Waals surface area contributed by atoms with Gasteiger partial charge in [-0.25, -0.2) is 0 Å². The molecule has 1 amide bonds. The third kappa shape index (κ3) is 5.70. The van der Waals surface area contributed by atoms with Crippen LogP contribution in [0.2, 0.25) is 5.02 Å². The molecule has 7 heteroatoms. The highest BCUT2D eigenvalue weighted by molar-refractivity contribution is 7.99. The lowest BCUT2D eigenvalue weighted by Gasteiger charge is -2.09. The molecule has 0 saturated carbocycles. The smallest absolute Gasteiger partial charge is 0.234 e. The number of hydrogen-bond donors (Lipinski definition) is 2. The van der Waals surface area contributed by atoms with Gasteiger partial charge in [-0.15, -0.1) is 10.2 Å². The summed E-state index contributed by atoms with van der Waals surface area (Å²) in [6, 6.07) is 19.2. The van der Waals surface area contributed by atoms with Gasteiger partial charge >= 0.3 is 0 Å². The number of amides is 1. The molecule has 0 saturated heterocycles. The minimum atomic E-state index is -0.113. The molecule has 0 fully saturated rings. The number of nitrogens with zero attached hydrogens (tertiary/aromatic N) is 2. The van der Waals surface area contributed by atoms with E-state index in [2.05, 4.69) is 20.8 Å². The lowest BCUT2D eigenvalue weighted by molar-refractivity contribution is -0.113. The predicted molar refractivity (Wildman–Crippen MR) is 111 cm³/mol. The van der Waals surface area contributed by atoms with Crippen molar-refractivity contribution >= 4 is 40.8 Å². The van der Waals surface area contributed by atoms with Gasteiger partial charge in [-0.1, -0.05) is 59.8 Å². The Morgan fingerprint density at radius 2 is 1.85 bits per heavy atom. The van der Waals surface area contributed by atoms with E-state index in [1.165, 1.54) is 17.3 Å². The van der Waals surface area contributed by atoms with Crippen LogP contribution in [0.4, 0.5) is 11.5 Å². The number of hydrogen-bond acceptors (Lipinski definition) is 5. The van der Waals surface area contributed by atoms with Crippen molar-refractivity contribution in [3.63, 3.8) is 0 Å². The number of benzene rings is 2. The van der Waals surface area contributed by atoms with Gasteiger partial charge in [0.05, 0.1) is 5.75 Å². The Morgan fingerprint density at radius 1 is 1.04 bits per heavy atom. The van der Waals surface area contributed by atoms with E-state index in [1.807, 2.05) is 61.5 Å². The maximum atomic E-state index is 12.1. The number of anilines is 2. The minimum absolute atomic E-state index is 0.113. The molecule has 0 aliphatic heterocycles. The first kappa shape index (κ1) is 19.2. The maximum absolute atomic E-state index is 12.1. The second kappa shape index (κ2) is 9.39. The van der Waals surface area contributed by atoms with Gasteiger partial charge in [0.1, 0.15) is 10.8 Å². The molecule has 138 valence electrons. The van der Waals surface area contributed by atoms with Gasteiger partial charge in [-0.3, -0.25) is 4.79 Å². The summed E-state index contributed by atoms with van der Waals surface area (Å²) in [5.74, 6) is 0.831. The van der Waals surface area contributed by atoms with E-state index >= 15 is 0 Å². The molecule has 5 nitrogen and oxygen atoms in total. The summed E-state index contributed by atoms with van der Waals surface area (Å²) in [5.41, 5.74) is 2.75. The lowest BCUT2D eigenvalue weighted by Crippen LogP contribution is -2.15. The summed E-state index contributed by atoms with van der Waals surface area (Å²) in [4.78, 5) is 12.1. The highest BCUT2D eigenvalue weighted by Crippen LogP contribution is 2.23. The fourth-order valence-electron chi connectivity index (χ4n) is 2.35. The zero-order valence-corrected chi connectivity index (χ0v) is 16.3. The normalized spacial score (nSPS) is 10.4. The second-order valence-corrected chi connectivity index (χ2v) is 7.25. The Labute approximate surface area is 167 Å². The van der Waals surface area contributed by atoms with Gasteiger partial charge in [0.2, 0.25) is 5.91 Å². The lowest BCUT2D eigenvalue weighted by atomic mass is 10.2. The van der Waals surface area contributed by atoms with Crippen molar-refractivity contribution in [1.82, 2.24) is 10.2 Å². The average Bonchev–Trinajstić information content (AvgIpc) is 2.70. The van der Waals surface area contributed by atoms with E-state index in [4.69, 9.17) is 11.6 Å². The number of carbonyl (C=O) groups is 1. The third-order valence-corrected chi connectivity index (χ3v) is 5.18. The summed E-state index contributed by atoms with van der Waals surface area (Å²) >= 11 is 7.40. The Bertz CT molecular complexity index is 904. The topological polar surface area (TPSA) is 66.9 Å². The van der Waals surface area contributed by atoms with Crippen LogP contribution >= 0.6 is 23.4 Å². The molecule has 0 radical (unpaired) electrons. The Balaban J connectivity index is 1.48. The molecule has 2 aromatic carbocycles. The van der Waals surface area contributed by atoms with Gasteiger partial charge in [0.15, 0.2) is 0 Å². The van der Waals surface area contributed by atoms with Crippen LogP contribution in [0.5, 0.6) is 0 Å². The number of halogens is 1. The average molecular weight is 399 g/mol. The molecule has 0 aliphatic carbocycles. The van der Waals surface area contributed by atoms with Crippen LogP contribution in [0.15, 0.2) is 65.7 Å². The molecule has 2 N–H and O–H groups in total. The molecule has 1 heterocycles. The Morgan fingerprint density at radius 3 is 2.59 bits per heavy atom. The maximum Gasteiger partial charge on any atom is 0.234 e. The van der Waals surface area contributed by atoms with Crippen LogP contribution in [0.3, 0.4) is 0 Å². The van der Waals surface area contributed by atoms with Crippen LogP contribution in [0, 0.1) is 6.92 Å². The van der Waals surface area contributed by atoms with Crippen molar-refractivity contribution in [1.29, 1.82) is 0 Å². The van der Waals surface area contributed by atoms with Crippen molar-refractivity contribution in [2.75, 3.05) is 16.4 Å². The van der Waals surface area contributed by atoms with Gasteiger partial charge < -0.3 is 10.6 Å². The number of thioether (sulfide) groups is 1. The van der Waals surface area contributed by atoms with Crippen LogP contribution in [0.1, 0.15) is 11.1 Å². The largest absolute Gasteiger partial charge is 0.365 e. The standard InChI is InChI=1S/C20H19ClN4OS/c1-14-16(21)8-5-9-17(14)23-19(26)13-27-20-11-10-18(24-25-20)22-12-15-6-3-2-4-7-15/h2-11H,12-13H2,1H3,(H,22,24)(H,23,26). The number of nitrogens with one attached hydrogen (secondary N) is 2. The van der Waals surface area contributed by atoms with Crippen molar-refractivity contribution in [2.45, 2.75) is 18.5 Å². The van der Waals surface area contributed by atoms with E-state index in [1.54, 1.807) is 6.07 Å². The van der Waals surface area contributed by atoms with Crippen molar-refractivity contribution < 1.29 is 4.79 Å². The zero-order valence-electron chi connectivity index (χ0n) is 14.8. The first-order valence-corrected chi connectivity index (χ1v) is 9.77. The molecule has 0 aliphatic rings. The van der Waals surface area contributed by atoms with Gasteiger partial charge in [-0.2, -0.15) is 0 Å². The van der Waals surface area contributed by atoms with Gasteiger partial charge in [0, 0.05) is 17.3 Å². The van der Waals surface area contributed by atoms with E-state index in [0.29, 0.717) is 22.4 Å². The van der Waals surface area contributed by atoms with E-state index < -0.39 is 0 Å². The summed E-state index contributed by atoms with van der Waals surface area (Å²) in [5, 5.41) is 15.7. The SMILES string of the molecule is Cc1c(Cl)cccc1NC(=O)CSc1ccc(NCc2ccccc2)nn1. The summed E-state index contributed by atoms with van der Waals surface area (Å²) in [6.45, 7) is 2.56. The van der Waals surface area contributed by atoms with Crippen LogP contribution in [-0.4, -0.2) is 21.9 Å². The van der Waals surface area contributed by atoms with Gasteiger partial charge in [-0.05, 0) is 42.3 Å². The highest BCUT2D eigenvalue weighted by atomic mass is 35.5. The first-order valence-electron chi connectivity index (χ1n) is 8.41. The Hall–Kier alpha value is -2.57. The highest BCUT2D eigenvalue weighted by Gasteiger charge is 2.08. The summed E-state index contributed by atoms with van der Waals surface area (Å²) in [6.07, 6.45) is 0. The predicted octanol–water partition coefficient (Wildman–Crippen LogP) is 4.78. The van der Waals surface area contributed by atoms with Crippen molar-refractivity contribution in [2.24, 2.45) is 0 Å². The first-order chi connectivity index (χ1) is 13.1. The molecule has 3 rings (SSSR count). The van der Waals surface area contributed by atoms with Crippen molar-refractivity contribution in [3.8, 4) is 0 Å². The zero-order chi connectivity index (χ0) is 19.1. The van der Waals surface area contributed by atoms with Gasteiger partial charge in [0.25, 0.3) is 0 Å². The summed E-state index contributed by atoms with van der Waals surface area (Å²) < 4.78 is 0. The molecule has 0 bridgehead atoms. The molecule has 0 atom stereocenters. The quantitative estimate of drug-likeness (QED) is 0.560. The molecule has 0 spiro atoms.